The van der Waals surface area contributed by atoms with Gasteiger partial charge >= 0.3 is 0 Å². The smallest absolute Gasteiger partial charge is 0.242 e. The highest BCUT2D eigenvalue weighted by atomic mass is 16.5. The molecule has 17 heavy (non-hydrogen) atoms. The van der Waals surface area contributed by atoms with Crippen molar-refractivity contribution in [2.45, 2.75) is 64.2 Å². The van der Waals surface area contributed by atoms with Crippen molar-refractivity contribution in [2.24, 2.45) is 5.73 Å². The summed E-state index contributed by atoms with van der Waals surface area (Å²) in [6.07, 6.45) is 6.65. The first-order valence-electron chi connectivity index (χ1n) is 6.48. The summed E-state index contributed by atoms with van der Waals surface area (Å²) in [5, 5.41) is 7.85. The second-order valence-electron chi connectivity index (χ2n) is 4.59. The monoisotopic (exact) mass is 239 g/mol. The summed E-state index contributed by atoms with van der Waals surface area (Å²) in [7, 11) is 0. The number of aromatic nitrogens is 2. The number of aryl methyl sites for hydroxylation is 1. The van der Waals surface area contributed by atoms with Crippen LogP contribution in [0.25, 0.3) is 0 Å². The molecule has 1 saturated carbocycles. The predicted octanol–water partition coefficient (Wildman–Crippen LogP) is 1.81. The maximum atomic E-state index is 6.08. The van der Waals surface area contributed by atoms with Crippen LogP contribution < -0.4 is 5.73 Å². The van der Waals surface area contributed by atoms with Crippen LogP contribution >= 0.6 is 0 Å². The van der Waals surface area contributed by atoms with E-state index in [0.717, 1.165) is 19.3 Å². The Morgan fingerprint density at radius 3 is 2.76 bits per heavy atom. The van der Waals surface area contributed by atoms with Crippen LogP contribution in [0.4, 0.5) is 0 Å². The third kappa shape index (κ3) is 3.51. The van der Waals surface area contributed by atoms with Crippen molar-refractivity contribution in [3.63, 3.8) is 0 Å². The molecule has 5 nitrogen and oxygen atoms in total. The Morgan fingerprint density at radius 1 is 1.24 bits per heavy atom. The maximum absolute atomic E-state index is 6.08. The molecule has 1 fully saturated rings. The van der Waals surface area contributed by atoms with Crippen LogP contribution in [0, 0.1) is 0 Å². The fourth-order valence-electron chi connectivity index (χ4n) is 2.18. The summed E-state index contributed by atoms with van der Waals surface area (Å²) in [5.41, 5.74) is 6.08. The largest absolute Gasteiger partial charge is 0.423 e. The van der Waals surface area contributed by atoms with E-state index in [1.165, 1.54) is 19.3 Å². The van der Waals surface area contributed by atoms with Crippen LogP contribution in [0.1, 0.15) is 50.8 Å². The van der Waals surface area contributed by atoms with E-state index in [-0.39, 0.29) is 12.1 Å². The Morgan fingerprint density at radius 2 is 2.00 bits per heavy atom. The lowest BCUT2D eigenvalue weighted by molar-refractivity contribution is 0.00856. The van der Waals surface area contributed by atoms with E-state index < -0.39 is 0 Å². The van der Waals surface area contributed by atoms with Crippen LogP contribution in [-0.2, 0) is 17.8 Å². The van der Waals surface area contributed by atoms with Crippen LogP contribution in [0.15, 0.2) is 4.42 Å². The molecule has 2 rings (SSSR count). The zero-order valence-electron chi connectivity index (χ0n) is 10.4. The zero-order chi connectivity index (χ0) is 12.1. The number of nitrogens with two attached hydrogens (primary N) is 1. The van der Waals surface area contributed by atoms with Gasteiger partial charge in [-0.25, -0.2) is 0 Å². The average Bonchev–Trinajstić information content (AvgIpc) is 2.70. The fraction of sp³-hybridized carbons (Fsp3) is 0.833. The lowest BCUT2D eigenvalue weighted by atomic mass is 10.1. The predicted molar refractivity (Wildman–Crippen MR) is 63.3 cm³/mol. The normalized spacial score (nSPS) is 25.8. The van der Waals surface area contributed by atoms with E-state index in [1.807, 2.05) is 6.92 Å². The Hall–Kier alpha value is -0.940. The van der Waals surface area contributed by atoms with Gasteiger partial charge in [0.05, 0.1) is 6.10 Å². The molecule has 1 heterocycles. The van der Waals surface area contributed by atoms with Crippen molar-refractivity contribution in [2.75, 3.05) is 0 Å². The number of rotatable bonds is 4. The summed E-state index contributed by atoms with van der Waals surface area (Å²) in [5.74, 6) is 1.21. The molecule has 1 aliphatic rings. The molecule has 0 bridgehead atoms. The standard InChI is InChI=1S/C12H21N3O2/c1-2-11-14-15-12(17-11)8-16-10-7-5-3-4-6-9(10)13/h9-10H,2-8,13H2,1H3. The van der Waals surface area contributed by atoms with Crippen molar-refractivity contribution >= 4 is 0 Å². The van der Waals surface area contributed by atoms with E-state index >= 15 is 0 Å². The Bertz CT molecular complexity index is 340. The molecule has 5 heteroatoms. The third-order valence-electron chi connectivity index (χ3n) is 3.24. The number of hydrogen-bond acceptors (Lipinski definition) is 5. The molecule has 1 aromatic rings. The van der Waals surface area contributed by atoms with E-state index in [4.69, 9.17) is 14.9 Å². The van der Waals surface area contributed by atoms with Crippen LogP contribution in [0.2, 0.25) is 0 Å². The van der Waals surface area contributed by atoms with Gasteiger partial charge in [-0.15, -0.1) is 10.2 Å². The highest BCUT2D eigenvalue weighted by Crippen LogP contribution is 2.20. The highest BCUT2D eigenvalue weighted by Gasteiger charge is 2.21. The van der Waals surface area contributed by atoms with Gasteiger partial charge in [0.25, 0.3) is 0 Å². The first-order valence-corrected chi connectivity index (χ1v) is 6.48. The van der Waals surface area contributed by atoms with Crippen LogP contribution in [0.3, 0.4) is 0 Å². The lowest BCUT2D eigenvalue weighted by Gasteiger charge is -2.20. The first-order chi connectivity index (χ1) is 8.29. The summed E-state index contributed by atoms with van der Waals surface area (Å²) < 4.78 is 11.2. The molecule has 0 saturated heterocycles. The Balaban J connectivity index is 1.83. The molecule has 0 spiro atoms. The minimum Gasteiger partial charge on any atom is -0.423 e. The van der Waals surface area contributed by atoms with E-state index in [9.17, 15) is 0 Å². The molecule has 2 atom stereocenters. The van der Waals surface area contributed by atoms with Crippen molar-refractivity contribution in [1.82, 2.24) is 10.2 Å². The molecule has 0 amide bonds. The number of nitrogens with zero attached hydrogens (tertiary/aromatic N) is 2. The molecular formula is C12H21N3O2. The second-order valence-corrected chi connectivity index (χ2v) is 4.59. The summed E-state index contributed by atoms with van der Waals surface area (Å²) >= 11 is 0. The summed E-state index contributed by atoms with van der Waals surface area (Å²) in [4.78, 5) is 0. The molecule has 96 valence electrons. The van der Waals surface area contributed by atoms with Gasteiger partial charge in [0.15, 0.2) is 0 Å². The van der Waals surface area contributed by atoms with Crippen molar-refractivity contribution in [3.8, 4) is 0 Å². The van der Waals surface area contributed by atoms with Gasteiger partial charge in [-0.05, 0) is 12.8 Å². The average molecular weight is 239 g/mol. The van der Waals surface area contributed by atoms with Gasteiger partial charge in [0.2, 0.25) is 11.8 Å². The third-order valence-corrected chi connectivity index (χ3v) is 3.24. The molecular weight excluding hydrogens is 218 g/mol. The summed E-state index contributed by atoms with van der Waals surface area (Å²) in [6, 6.07) is 0.145. The topological polar surface area (TPSA) is 74.2 Å². The van der Waals surface area contributed by atoms with Crippen LogP contribution in [-0.4, -0.2) is 22.3 Å². The number of ether oxygens (including phenoxy) is 1. The van der Waals surface area contributed by atoms with Crippen LogP contribution in [0.5, 0.6) is 0 Å². The molecule has 1 aliphatic carbocycles. The first kappa shape index (κ1) is 12.5. The quantitative estimate of drug-likeness (QED) is 0.811. The highest BCUT2D eigenvalue weighted by molar-refractivity contribution is 4.81. The number of hydrogen-bond donors (Lipinski definition) is 1. The fourth-order valence-corrected chi connectivity index (χ4v) is 2.18. The molecule has 2 N–H and O–H groups in total. The Labute approximate surface area is 102 Å². The maximum Gasteiger partial charge on any atom is 0.242 e. The molecule has 0 aromatic carbocycles. The van der Waals surface area contributed by atoms with Gasteiger partial charge in [-0.1, -0.05) is 26.2 Å². The van der Waals surface area contributed by atoms with Crippen molar-refractivity contribution in [1.29, 1.82) is 0 Å². The molecule has 1 aromatic heterocycles. The lowest BCUT2D eigenvalue weighted by Crippen LogP contribution is -2.35. The van der Waals surface area contributed by atoms with Gasteiger partial charge in [0, 0.05) is 12.5 Å². The van der Waals surface area contributed by atoms with Gasteiger partial charge in [-0.2, -0.15) is 0 Å². The second kappa shape index (κ2) is 6.12. The molecule has 0 radical (unpaired) electrons. The SMILES string of the molecule is CCc1nnc(COC2CCCCCC2N)o1. The minimum absolute atomic E-state index is 0.134. The van der Waals surface area contributed by atoms with Crippen molar-refractivity contribution < 1.29 is 9.15 Å². The summed E-state index contributed by atoms with van der Waals surface area (Å²) in [6.45, 7) is 2.37. The molecule has 0 aliphatic heterocycles. The van der Waals surface area contributed by atoms with Gasteiger partial charge < -0.3 is 14.9 Å². The van der Waals surface area contributed by atoms with E-state index in [0.29, 0.717) is 18.4 Å². The van der Waals surface area contributed by atoms with Gasteiger partial charge in [-0.3, -0.25) is 0 Å². The molecule has 2 unspecified atom stereocenters. The van der Waals surface area contributed by atoms with Gasteiger partial charge in [0.1, 0.15) is 6.61 Å². The van der Waals surface area contributed by atoms with E-state index in [1.54, 1.807) is 0 Å². The van der Waals surface area contributed by atoms with E-state index in [2.05, 4.69) is 10.2 Å². The Kier molecular flexibility index (Phi) is 4.50. The zero-order valence-corrected chi connectivity index (χ0v) is 10.4. The minimum atomic E-state index is 0.134. The van der Waals surface area contributed by atoms with Crippen molar-refractivity contribution in [3.05, 3.63) is 11.8 Å².